The molecule has 0 amide bonds. The molecule has 0 unspecified atom stereocenters. The van der Waals surface area contributed by atoms with Crippen molar-refractivity contribution < 1.29 is 4.39 Å². The lowest BCUT2D eigenvalue weighted by molar-refractivity contribution is 0.495. The van der Waals surface area contributed by atoms with E-state index in [1.165, 1.54) is 0 Å². The van der Waals surface area contributed by atoms with Crippen molar-refractivity contribution in [2.75, 3.05) is 11.4 Å². The van der Waals surface area contributed by atoms with Gasteiger partial charge in [-0.15, -0.1) is 0 Å². The molecular formula is C16H22BrFN2. The lowest BCUT2D eigenvalue weighted by Crippen LogP contribution is -2.38. The number of nitrogens with zero attached hydrogens (tertiary/aromatic N) is 2. The highest BCUT2D eigenvalue weighted by Crippen LogP contribution is 2.31. The van der Waals surface area contributed by atoms with Gasteiger partial charge in [-0.2, -0.15) is 5.26 Å². The third-order valence-corrected chi connectivity index (χ3v) is 4.21. The Morgan fingerprint density at radius 2 is 1.90 bits per heavy atom. The van der Waals surface area contributed by atoms with Crippen LogP contribution in [0, 0.1) is 23.1 Å². The van der Waals surface area contributed by atoms with E-state index >= 15 is 0 Å². The molecule has 20 heavy (non-hydrogen) atoms. The van der Waals surface area contributed by atoms with Gasteiger partial charge in [0.2, 0.25) is 0 Å². The monoisotopic (exact) mass is 340 g/mol. The Hall–Kier alpha value is -1.08. The van der Waals surface area contributed by atoms with Gasteiger partial charge in [0.15, 0.2) is 5.82 Å². The molecule has 0 fully saturated rings. The van der Waals surface area contributed by atoms with E-state index in [0.29, 0.717) is 23.2 Å². The fraction of sp³-hybridized carbons (Fsp3) is 0.562. The Morgan fingerprint density at radius 1 is 1.30 bits per heavy atom. The minimum Gasteiger partial charge on any atom is -0.366 e. The first kappa shape index (κ1) is 17.0. The summed E-state index contributed by atoms with van der Waals surface area (Å²) in [7, 11) is 0. The Labute approximate surface area is 129 Å². The van der Waals surface area contributed by atoms with Gasteiger partial charge >= 0.3 is 0 Å². The number of anilines is 1. The van der Waals surface area contributed by atoms with Crippen LogP contribution >= 0.6 is 15.9 Å². The average molecular weight is 341 g/mol. The second-order valence-corrected chi connectivity index (χ2v) is 6.18. The summed E-state index contributed by atoms with van der Waals surface area (Å²) in [6, 6.07) is 5.71. The van der Waals surface area contributed by atoms with Crippen molar-refractivity contribution in [3.05, 3.63) is 28.0 Å². The molecule has 0 aliphatic rings. The van der Waals surface area contributed by atoms with E-state index in [2.05, 4.69) is 48.5 Å². The van der Waals surface area contributed by atoms with Crippen LogP contribution in [-0.4, -0.2) is 12.6 Å². The normalized spacial score (nSPS) is 10.9. The van der Waals surface area contributed by atoms with Crippen molar-refractivity contribution in [1.29, 1.82) is 5.26 Å². The zero-order chi connectivity index (χ0) is 15.3. The molecule has 0 saturated heterocycles. The van der Waals surface area contributed by atoms with Gasteiger partial charge in [-0.3, -0.25) is 0 Å². The highest BCUT2D eigenvalue weighted by Gasteiger charge is 2.22. The van der Waals surface area contributed by atoms with Crippen molar-refractivity contribution in [1.82, 2.24) is 0 Å². The number of nitriles is 1. The van der Waals surface area contributed by atoms with Crippen LogP contribution < -0.4 is 4.90 Å². The summed E-state index contributed by atoms with van der Waals surface area (Å²) < 4.78 is 14.8. The topological polar surface area (TPSA) is 27.0 Å². The van der Waals surface area contributed by atoms with Crippen molar-refractivity contribution in [3.63, 3.8) is 0 Å². The summed E-state index contributed by atoms with van der Waals surface area (Å²) in [6.45, 7) is 9.32. The van der Waals surface area contributed by atoms with Crippen LogP contribution in [0.15, 0.2) is 16.6 Å². The van der Waals surface area contributed by atoms with Crippen molar-refractivity contribution in [3.8, 4) is 6.07 Å². The van der Waals surface area contributed by atoms with E-state index in [9.17, 15) is 4.39 Å². The van der Waals surface area contributed by atoms with Crippen molar-refractivity contribution in [2.24, 2.45) is 5.92 Å². The molecule has 1 aromatic rings. The minimum atomic E-state index is -0.336. The predicted molar refractivity (Wildman–Crippen MR) is 85.4 cm³/mol. The molecule has 0 bridgehead atoms. The SMILES string of the molecule is CCC(CC)N(CC(C)C)c1ccc(C#N)c(Br)c1F. The highest BCUT2D eigenvalue weighted by molar-refractivity contribution is 9.10. The third-order valence-electron chi connectivity index (χ3n) is 3.44. The van der Waals surface area contributed by atoms with Gasteiger partial charge in [-0.25, -0.2) is 4.39 Å². The van der Waals surface area contributed by atoms with Gasteiger partial charge in [-0.05, 0) is 46.8 Å². The summed E-state index contributed by atoms with van der Waals surface area (Å²) in [4.78, 5) is 2.13. The van der Waals surface area contributed by atoms with Gasteiger partial charge in [-0.1, -0.05) is 27.7 Å². The largest absolute Gasteiger partial charge is 0.366 e. The van der Waals surface area contributed by atoms with Gasteiger partial charge in [0.25, 0.3) is 0 Å². The lowest BCUT2D eigenvalue weighted by Gasteiger charge is -2.34. The molecule has 4 heteroatoms. The molecule has 0 radical (unpaired) electrons. The number of hydrogen-bond donors (Lipinski definition) is 0. The number of halogens is 2. The van der Waals surface area contributed by atoms with Crippen LogP contribution in [0.25, 0.3) is 0 Å². The van der Waals surface area contributed by atoms with Crippen LogP contribution in [0.1, 0.15) is 46.1 Å². The molecule has 0 N–H and O–H groups in total. The van der Waals surface area contributed by atoms with E-state index in [1.54, 1.807) is 12.1 Å². The van der Waals surface area contributed by atoms with Crippen molar-refractivity contribution >= 4 is 21.6 Å². The molecule has 0 heterocycles. The molecule has 0 aliphatic carbocycles. The van der Waals surface area contributed by atoms with E-state index in [-0.39, 0.29) is 10.3 Å². The fourth-order valence-electron chi connectivity index (χ4n) is 2.41. The highest BCUT2D eigenvalue weighted by atomic mass is 79.9. The Kier molecular flexibility index (Phi) is 6.48. The van der Waals surface area contributed by atoms with E-state index in [1.807, 2.05) is 6.07 Å². The molecule has 110 valence electrons. The van der Waals surface area contributed by atoms with Gasteiger partial charge in [0.05, 0.1) is 15.7 Å². The molecule has 1 rings (SSSR count). The second-order valence-electron chi connectivity index (χ2n) is 5.39. The Balaban J connectivity index is 3.27. The molecule has 2 nitrogen and oxygen atoms in total. The maximum atomic E-state index is 14.5. The second kappa shape index (κ2) is 7.64. The van der Waals surface area contributed by atoms with Gasteiger partial charge < -0.3 is 4.90 Å². The first-order valence-electron chi connectivity index (χ1n) is 7.10. The minimum absolute atomic E-state index is 0.261. The van der Waals surface area contributed by atoms with Gasteiger partial charge in [0, 0.05) is 12.6 Å². The zero-order valence-electron chi connectivity index (χ0n) is 12.6. The number of rotatable bonds is 6. The average Bonchev–Trinajstić information content (AvgIpc) is 2.42. The molecular weight excluding hydrogens is 319 g/mol. The summed E-state index contributed by atoms with van der Waals surface area (Å²) >= 11 is 3.19. The van der Waals surface area contributed by atoms with E-state index < -0.39 is 0 Å². The third kappa shape index (κ3) is 3.73. The Morgan fingerprint density at radius 3 is 2.35 bits per heavy atom. The van der Waals surface area contributed by atoms with Gasteiger partial charge in [0.1, 0.15) is 6.07 Å². The smallest absolute Gasteiger partial charge is 0.161 e. The molecule has 0 saturated carbocycles. The van der Waals surface area contributed by atoms with Crippen molar-refractivity contribution in [2.45, 2.75) is 46.6 Å². The predicted octanol–water partition coefficient (Wildman–Crippen LogP) is 5.11. The van der Waals surface area contributed by atoms with Crippen LogP contribution in [-0.2, 0) is 0 Å². The summed E-state index contributed by atoms with van der Waals surface area (Å²) in [5.74, 6) is 0.112. The molecule has 0 atom stereocenters. The molecule has 0 aromatic heterocycles. The Bertz CT molecular complexity index is 490. The first-order chi connectivity index (χ1) is 9.46. The van der Waals surface area contributed by atoms with Crippen LogP contribution in [0.5, 0.6) is 0 Å². The maximum absolute atomic E-state index is 14.5. The zero-order valence-corrected chi connectivity index (χ0v) is 14.2. The van der Waals surface area contributed by atoms with E-state index in [0.717, 1.165) is 19.4 Å². The first-order valence-corrected chi connectivity index (χ1v) is 7.90. The number of benzene rings is 1. The molecule has 0 aliphatic heterocycles. The quantitative estimate of drug-likeness (QED) is 0.719. The maximum Gasteiger partial charge on any atom is 0.161 e. The summed E-state index contributed by atoms with van der Waals surface area (Å²) in [5.41, 5.74) is 0.915. The fourth-order valence-corrected chi connectivity index (χ4v) is 2.84. The summed E-state index contributed by atoms with van der Waals surface area (Å²) in [5, 5.41) is 8.96. The van der Waals surface area contributed by atoms with Crippen LogP contribution in [0.2, 0.25) is 0 Å². The van der Waals surface area contributed by atoms with E-state index in [4.69, 9.17) is 5.26 Å². The molecule has 1 aromatic carbocycles. The summed E-state index contributed by atoms with van der Waals surface area (Å²) in [6.07, 6.45) is 1.95. The lowest BCUT2D eigenvalue weighted by atomic mass is 10.1. The number of hydrogen-bond acceptors (Lipinski definition) is 2. The van der Waals surface area contributed by atoms with Crippen LogP contribution in [0.4, 0.5) is 10.1 Å². The standard InChI is InChI=1S/C16H22BrFN2/c1-5-13(6-2)20(10-11(3)4)14-8-7-12(9-19)15(17)16(14)18/h7-8,11,13H,5-6,10H2,1-4H3. The molecule has 0 spiro atoms. The van der Waals surface area contributed by atoms with Crippen LogP contribution in [0.3, 0.4) is 0 Å².